The van der Waals surface area contributed by atoms with E-state index >= 15 is 0 Å². The first-order valence-corrected chi connectivity index (χ1v) is 10.0. The molecule has 1 amide bonds. The Bertz CT molecular complexity index is 941. The van der Waals surface area contributed by atoms with Crippen LogP contribution in [0.4, 0.5) is 0 Å². The first-order valence-electron chi connectivity index (χ1n) is 10.0. The zero-order valence-corrected chi connectivity index (χ0v) is 16.3. The van der Waals surface area contributed by atoms with Gasteiger partial charge in [0.2, 0.25) is 0 Å². The molecule has 0 N–H and O–H groups in total. The number of amides is 1. The second-order valence-corrected chi connectivity index (χ2v) is 7.33. The minimum Gasteiger partial charge on any atom is -0.376 e. The summed E-state index contributed by atoms with van der Waals surface area (Å²) in [6.45, 7) is 4.78. The van der Waals surface area contributed by atoms with Gasteiger partial charge in [-0.3, -0.25) is 4.79 Å². The van der Waals surface area contributed by atoms with Crippen molar-refractivity contribution in [1.29, 1.82) is 0 Å². The van der Waals surface area contributed by atoms with Gasteiger partial charge < -0.3 is 9.64 Å². The number of rotatable bonds is 7. The van der Waals surface area contributed by atoms with E-state index in [4.69, 9.17) is 4.74 Å². The second kappa shape index (κ2) is 8.52. The first kappa shape index (κ1) is 18.6. The highest BCUT2D eigenvalue weighted by atomic mass is 16.5. The Morgan fingerprint density at radius 2 is 2.11 bits per heavy atom. The van der Waals surface area contributed by atoms with Crippen molar-refractivity contribution in [2.24, 2.45) is 0 Å². The SMILES string of the molecule is CCCN(C[C@@H]1CCCO1)C(=O)c1cn(Cc2cccc3ccccc23)nn1. The number of hydrogen-bond donors (Lipinski definition) is 0. The monoisotopic (exact) mass is 378 g/mol. The van der Waals surface area contributed by atoms with Crippen molar-refractivity contribution in [2.75, 3.05) is 19.7 Å². The third-order valence-electron chi connectivity index (χ3n) is 5.20. The molecule has 1 aliphatic rings. The summed E-state index contributed by atoms with van der Waals surface area (Å²) >= 11 is 0. The van der Waals surface area contributed by atoms with Crippen LogP contribution in [0.3, 0.4) is 0 Å². The lowest BCUT2D eigenvalue weighted by molar-refractivity contribution is 0.0522. The number of fused-ring (bicyclic) bond motifs is 1. The van der Waals surface area contributed by atoms with E-state index in [-0.39, 0.29) is 12.0 Å². The van der Waals surface area contributed by atoms with Crippen LogP contribution in [0.15, 0.2) is 48.7 Å². The molecule has 6 nitrogen and oxygen atoms in total. The quantitative estimate of drug-likeness (QED) is 0.631. The molecule has 0 saturated carbocycles. The molecule has 1 aromatic heterocycles. The van der Waals surface area contributed by atoms with Gasteiger partial charge in [0.25, 0.3) is 5.91 Å². The maximum Gasteiger partial charge on any atom is 0.276 e. The van der Waals surface area contributed by atoms with Crippen LogP contribution in [-0.4, -0.2) is 51.6 Å². The number of benzene rings is 2. The fourth-order valence-corrected chi connectivity index (χ4v) is 3.82. The summed E-state index contributed by atoms with van der Waals surface area (Å²) in [5.41, 5.74) is 1.55. The largest absolute Gasteiger partial charge is 0.376 e. The van der Waals surface area contributed by atoms with Crippen molar-refractivity contribution in [1.82, 2.24) is 19.9 Å². The third kappa shape index (κ3) is 4.07. The highest BCUT2D eigenvalue weighted by Gasteiger charge is 2.24. The van der Waals surface area contributed by atoms with E-state index in [2.05, 4.69) is 41.5 Å². The Morgan fingerprint density at radius 3 is 2.93 bits per heavy atom. The minimum atomic E-state index is -0.0680. The fraction of sp³-hybridized carbons (Fsp3) is 0.409. The van der Waals surface area contributed by atoms with Crippen LogP contribution in [-0.2, 0) is 11.3 Å². The van der Waals surface area contributed by atoms with Crippen molar-refractivity contribution >= 4 is 16.7 Å². The normalized spacial score (nSPS) is 16.5. The number of carbonyl (C=O) groups excluding carboxylic acids is 1. The van der Waals surface area contributed by atoms with Crippen LogP contribution in [0, 0.1) is 0 Å². The summed E-state index contributed by atoms with van der Waals surface area (Å²) in [6.07, 6.45) is 4.88. The van der Waals surface area contributed by atoms with Gasteiger partial charge in [0.1, 0.15) is 0 Å². The van der Waals surface area contributed by atoms with Crippen molar-refractivity contribution in [3.63, 3.8) is 0 Å². The molecule has 146 valence electrons. The molecule has 2 heterocycles. The summed E-state index contributed by atoms with van der Waals surface area (Å²) < 4.78 is 7.45. The van der Waals surface area contributed by atoms with E-state index in [1.165, 1.54) is 10.8 Å². The topological polar surface area (TPSA) is 60.2 Å². The molecule has 1 fully saturated rings. The van der Waals surface area contributed by atoms with Crippen molar-refractivity contribution in [2.45, 2.75) is 38.8 Å². The van der Waals surface area contributed by atoms with Gasteiger partial charge >= 0.3 is 0 Å². The molecular formula is C22H26N4O2. The van der Waals surface area contributed by atoms with Gasteiger partial charge in [-0.05, 0) is 35.6 Å². The molecule has 1 aliphatic heterocycles. The Labute approximate surface area is 165 Å². The van der Waals surface area contributed by atoms with E-state index in [1.54, 1.807) is 10.9 Å². The molecule has 4 rings (SSSR count). The lowest BCUT2D eigenvalue weighted by atomic mass is 10.0. The Morgan fingerprint density at radius 1 is 1.25 bits per heavy atom. The Balaban J connectivity index is 1.50. The maximum atomic E-state index is 13.0. The molecule has 3 aromatic rings. The molecule has 0 aliphatic carbocycles. The molecule has 0 radical (unpaired) electrons. The number of carbonyl (C=O) groups is 1. The fourth-order valence-electron chi connectivity index (χ4n) is 3.82. The van der Waals surface area contributed by atoms with Gasteiger partial charge in [-0.2, -0.15) is 0 Å². The Hall–Kier alpha value is -2.73. The van der Waals surface area contributed by atoms with Gasteiger partial charge in [0.15, 0.2) is 5.69 Å². The van der Waals surface area contributed by atoms with E-state index in [9.17, 15) is 4.79 Å². The van der Waals surface area contributed by atoms with Gasteiger partial charge in [-0.15, -0.1) is 5.10 Å². The molecule has 1 saturated heterocycles. The highest BCUT2D eigenvalue weighted by molar-refractivity contribution is 5.92. The van der Waals surface area contributed by atoms with Gasteiger partial charge in [0, 0.05) is 19.7 Å². The van der Waals surface area contributed by atoms with Crippen LogP contribution in [0.5, 0.6) is 0 Å². The molecule has 0 spiro atoms. The van der Waals surface area contributed by atoms with Crippen molar-refractivity contribution < 1.29 is 9.53 Å². The standard InChI is InChI=1S/C22H26N4O2/c1-2-12-25(15-19-10-6-13-28-19)22(27)21-16-26(24-23-21)14-18-9-5-8-17-7-3-4-11-20(17)18/h3-5,7-9,11,16,19H,2,6,10,12-15H2,1H3/t19-/m0/s1. The summed E-state index contributed by atoms with van der Waals surface area (Å²) in [5, 5.41) is 10.7. The highest BCUT2D eigenvalue weighted by Crippen LogP contribution is 2.19. The van der Waals surface area contributed by atoms with Crippen LogP contribution in [0.25, 0.3) is 10.8 Å². The molecule has 1 atom stereocenters. The lowest BCUT2D eigenvalue weighted by Crippen LogP contribution is -2.38. The molecular weight excluding hydrogens is 352 g/mol. The van der Waals surface area contributed by atoms with E-state index in [0.29, 0.717) is 25.3 Å². The predicted octanol–water partition coefficient (Wildman–Crippen LogP) is 3.51. The van der Waals surface area contributed by atoms with Gasteiger partial charge in [-0.25, -0.2) is 4.68 Å². The van der Waals surface area contributed by atoms with E-state index in [0.717, 1.165) is 31.4 Å². The van der Waals surface area contributed by atoms with E-state index in [1.807, 2.05) is 23.1 Å². The molecule has 6 heteroatoms. The average Bonchev–Trinajstić information content (AvgIpc) is 3.40. The van der Waals surface area contributed by atoms with Crippen molar-refractivity contribution in [3.05, 3.63) is 59.9 Å². The van der Waals surface area contributed by atoms with Crippen LogP contribution < -0.4 is 0 Å². The van der Waals surface area contributed by atoms with E-state index < -0.39 is 0 Å². The Kier molecular flexibility index (Phi) is 5.67. The number of hydrogen-bond acceptors (Lipinski definition) is 4. The zero-order chi connectivity index (χ0) is 19.3. The zero-order valence-electron chi connectivity index (χ0n) is 16.3. The number of nitrogens with zero attached hydrogens (tertiary/aromatic N) is 4. The number of ether oxygens (including phenoxy) is 1. The molecule has 0 bridgehead atoms. The predicted molar refractivity (Wildman–Crippen MR) is 108 cm³/mol. The molecule has 2 aromatic carbocycles. The van der Waals surface area contributed by atoms with Gasteiger partial charge in [-0.1, -0.05) is 54.6 Å². The smallest absolute Gasteiger partial charge is 0.276 e. The van der Waals surface area contributed by atoms with Crippen LogP contribution in [0.1, 0.15) is 42.2 Å². The summed E-state index contributed by atoms with van der Waals surface area (Å²) in [7, 11) is 0. The summed E-state index contributed by atoms with van der Waals surface area (Å²) in [5.74, 6) is -0.0680. The second-order valence-electron chi connectivity index (χ2n) is 7.33. The molecule has 28 heavy (non-hydrogen) atoms. The molecule has 0 unspecified atom stereocenters. The van der Waals surface area contributed by atoms with Crippen LogP contribution >= 0.6 is 0 Å². The van der Waals surface area contributed by atoms with Crippen molar-refractivity contribution in [3.8, 4) is 0 Å². The maximum absolute atomic E-state index is 13.0. The summed E-state index contributed by atoms with van der Waals surface area (Å²) in [6, 6.07) is 14.5. The average molecular weight is 378 g/mol. The minimum absolute atomic E-state index is 0.0680. The first-order chi connectivity index (χ1) is 13.7. The van der Waals surface area contributed by atoms with Gasteiger partial charge in [0.05, 0.1) is 18.8 Å². The third-order valence-corrected chi connectivity index (χ3v) is 5.20. The number of aromatic nitrogens is 3. The van der Waals surface area contributed by atoms with Crippen LogP contribution in [0.2, 0.25) is 0 Å². The summed E-state index contributed by atoms with van der Waals surface area (Å²) in [4.78, 5) is 14.8. The lowest BCUT2D eigenvalue weighted by Gasteiger charge is -2.24.